The maximum absolute atomic E-state index is 11.6. The van der Waals surface area contributed by atoms with Crippen molar-refractivity contribution in [2.45, 2.75) is 20.8 Å². The first-order valence-electron chi connectivity index (χ1n) is 5.68. The lowest BCUT2D eigenvalue weighted by Gasteiger charge is -2.17. The quantitative estimate of drug-likeness (QED) is 0.772. The molecule has 1 aromatic rings. The SMILES string of the molecule is CC(C)(C)C(=O)NCCNc1nccnc1C#N. The number of nitriles is 1. The smallest absolute Gasteiger partial charge is 0.225 e. The molecule has 0 radical (unpaired) electrons. The molecule has 0 aromatic carbocycles. The predicted molar refractivity (Wildman–Crippen MR) is 67.7 cm³/mol. The molecule has 0 aliphatic rings. The molecule has 0 spiro atoms. The van der Waals surface area contributed by atoms with Crippen LogP contribution in [0.4, 0.5) is 5.82 Å². The highest BCUT2D eigenvalue weighted by Gasteiger charge is 2.20. The molecular formula is C12H17N5O. The molecule has 0 saturated heterocycles. The lowest BCUT2D eigenvalue weighted by atomic mass is 9.96. The molecule has 0 aliphatic heterocycles. The van der Waals surface area contributed by atoms with Crippen molar-refractivity contribution in [1.82, 2.24) is 15.3 Å². The average molecular weight is 247 g/mol. The van der Waals surface area contributed by atoms with Gasteiger partial charge in [-0.05, 0) is 0 Å². The first kappa shape index (κ1) is 13.9. The van der Waals surface area contributed by atoms with Gasteiger partial charge in [0.2, 0.25) is 5.91 Å². The Morgan fingerprint density at radius 1 is 1.33 bits per heavy atom. The van der Waals surface area contributed by atoms with E-state index in [9.17, 15) is 4.79 Å². The van der Waals surface area contributed by atoms with Crippen LogP contribution in [0.3, 0.4) is 0 Å². The molecule has 96 valence electrons. The van der Waals surface area contributed by atoms with E-state index in [2.05, 4.69) is 20.6 Å². The minimum absolute atomic E-state index is 0.0102. The number of carbonyl (C=O) groups excluding carboxylic acids is 1. The minimum atomic E-state index is -0.398. The van der Waals surface area contributed by atoms with Crippen molar-refractivity contribution in [2.75, 3.05) is 18.4 Å². The molecule has 0 bridgehead atoms. The summed E-state index contributed by atoms with van der Waals surface area (Å²) in [6.07, 6.45) is 2.97. The number of hydrogen-bond acceptors (Lipinski definition) is 5. The number of nitrogens with zero attached hydrogens (tertiary/aromatic N) is 3. The molecule has 1 rings (SSSR count). The molecule has 6 heteroatoms. The second kappa shape index (κ2) is 5.96. The third kappa shape index (κ3) is 4.01. The van der Waals surface area contributed by atoms with E-state index < -0.39 is 5.41 Å². The molecular weight excluding hydrogens is 230 g/mol. The van der Waals surface area contributed by atoms with Gasteiger partial charge in [0, 0.05) is 30.9 Å². The van der Waals surface area contributed by atoms with Gasteiger partial charge in [-0.15, -0.1) is 0 Å². The fraction of sp³-hybridized carbons (Fsp3) is 0.500. The van der Waals surface area contributed by atoms with E-state index in [4.69, 9.17) is 5.26 Å². The van der Waals surface area contributed by atoms with Crippen LogP contribution >= 0.6 is 0 Å². The summed E-state index contributed by atoms with van der Waals surface area (Å²) in [6, 6.07) is 1.95. The summed E-state index contributed by atoms with van der Waals surface area (Å²) in [7, 11) is 0. The van der Waals surface area contributed by atoms with Crippen molar-refractivity contribution in [2.24, 2.45) is 5.41 Å². The summed E-state index contributed by atoms with van der Waals surface area (Å²) in [6.45, 7) is 6.53. The van der Waals surface area contributed by atoms with E-state index in [1.807, 2.05) is 26.8 Å². The molecule has 2 N–H and O–H groups in total. The van der Waals surface area contributed by atoms with Gasteiger partial charge in [0.15, 0.2) is 11.5 Å². The highest BCUT2D eigenvalue weighted by molar-refractivity contribution is 5.81. The number of nitrogens with one attached hydrogen (secondary N) is 2. The molecule has 0 aliphatic carbocycles. The van der Waals surface area contributed by atoms with Gasteiger partial charge in [-0.1, -0.05) is 20.8 Å². The molecule has 0 unspecified atom stereocenters. The van der Waals surface area contributed by atoms with Gasteiger partial charge in [0.25, 0.3) is 0 Å². The highest BCUT2D eigenvalue weighted by Crippen LogP contribution is 2.12. The molecule has 0 fully saturated rings. The Balaban J connectivity index is 2.39. The molecule has 0 saturated carbocycles. The number of hydrogen-bond donors (Lipinski definition) is 2. The molecule has 0 atom stereocenters. The predicted octanol–water partition coefficient (Wildman–Crippen LogP) is 0.922. The zero-order chi connectivity index (χ0) is 13.6. The third-order valence-electron chi connectivity index (χ3n) is 2.19. The fourth-order valence-corrected chi connectivity index (χ4v) is 1.17. The van der Waals surface area contributed by atoms with E-state index in [0.717, 1.165) is 0 Å². The van der Waals surface area contributed by atoms with E-state index in [1.165, 1.54) is 12.4 Å². The Morgan fingerprint density at radius 2 is 2.00 bits per heavy atom. The van der Waals surface area contributed by atoms with E-state index in [0.29, 0.717) is 18.9 Å². The maximum atomic E-state index is 11.6. The van der Waals surface area contributed by atoms with Crippen LogP contribution in [0, 0.1) is 16.7 Å². The second-order valence-electron chi connectivity index (χ2n) is 4.80. The molecule has 1 heterocycles. The van der Waals surface area contributed by atoms with Crippen LogP contribution in [-0.2, 0) is 4.79 Å². The second-order valence-corrected chi connectivity index (χ2v) is 4.80. The highest BCUT2D eigenvalue weighted by atomic mass is 16.2. The van der Waals surface area contributed by atoms with Gasteiger partial charge < -0.3 is 10.6 Å². The van der Waals surface area contributed by atoms with Gasteiger partial charge >= 0.3 is 0 Å². The molecule has 1 amide bonds. The van der Waals surface area contributed by atoms with Crippen LogP contribution in [0.25, 0.3) is 0 Å². The van der Waals surface area contributed by atoms with Crippen molar-refractivity contribution < 1.29 is 4.79 Å². The van der Waals surface area contributed by atoms with Crippen LogP contribution in [0.2, 0.25) is 0 Å². The van der Waals surface area contributed by atoms with Crippen LogP contribution in [0.1, 0.15) is 26.5 Å². The van der Waals surface area contributed by atoms with Crippen LogP contribution in [0.15, 0.2) is 12.4 Å². The lowest BCUT2D eigenvalue weighted by Crippen LogP contribution is -2.37. The Hall–Kier alpha value is -2.16. The lowest BCUT2D eigenvalue weighted by molar-refractivity contribution is -0.128. The molecule has 1 aromatic heterocycles. The third-order valence-corrected chi connectivity index (χ3v) is 2.19. The number of anilines is 1. The van der Waals surface area contributed by atoms with Crippen molar-refractivity contribution in [3.63, 3.8) is 0 Å². The number of rotatable bonds is 4. The summed E-state index contributed by atoms with van der Waals surface area (Å²) >= 11 is 0. The summed E-state index contributed by atoms with van der Waals surface area (Å²) in [5.41, 5.74) is -0.149. The normalized spacial score (nSPS) is 10.6. The zero-order valence-corrected chi connectivity index (χ0v) is 10.8. The fourth-order valence-electron chi connectivity index (χ4n) is 1.17. The summed E-state index contributed by atoms with van der Waals surface area (Å²) in [5, 5.41) is 14.6. The number of carbonyl (C=O) groups is 1. The van der Waals surface area contributed by atoms with E-state index in [-0.39, 0.29) is 11.6 Å². The minimum Gasteiger partial charge on any atom is -0.366 e. The summed E-state index contributed by atoms with van der Waals surface area (Å²) in [5.74, 6) is 0.425. The van der Waals surface area contributed by atoms with Crippen molar-refractivity contribution in [1.29, 1.82) is 5.26 Å². The van der Waals surface area contributed by atoms with Crippen molar-refractivity contribution in [3.8, 4) is 6.07 Å². The van der Waals surface area contributed by atoms with Gasteiger partial charge in [0.05, 0.1) is 0 Å². The molecule has 18 heavy (non-hydrogen) atoms. The van der Waals surface area contributed by atoms with Gasteiger partial charge in [-0.3, -0.25) is 4.79 Å². The van der Waals surface area contributed by atoms with Crippen LogP contribution in [0.5, 0.6) is 0 Å². The average Bonchev–Trinajstić information content (AvgIpc) is 2.33. The molecule has 6 nitrogen and oxygen atoms in total. The van der Waals surface area contributed by atoms with Crippen LogP contribution in [-0.4, -0.2) is 29.0 Å². The van der Waals surface area contributed by atoms with Crippen molar-refractivity contribution in [3.05, 3.63) is 18.1 Å². The van der Waals surface area contributed by atoms with Gasteiger partial charge in [-0.2, -0.15) is 5.26 Å². The first-order chi connectivity index (χ1) is 8.45. The number of amides is 1. The summed E-state index contributed by atoms with van der Waals surface area (Å²) < 4.78 is 0. The topological polar surface area (TPSA) is 90.7 Å². The Kier molecular flexibility index (Phi) is 4.60. The summed E-state index contributed by atoms with van der Waals surface area (Å²) in [4.78, 5) is 19.5. The maximum Gasteiger partial charge on any atom is 0.225 e. The van der Waals surface area contributed by atoms with E-state index >= 15 is 0 Å². The Labute approximate surface area is 106 Å². The standard InChI is InChI=1S/C12H17N5O/c1-12(2,3)11(18)17-7-6-16-10-9(8-13)14-4-5-15-10/h4-5H,6-7H2,1-3H3,(H,15,16)(H,17,18). The Morgan fingerprint density at radius 3 is 2.61 bits per heavy atom. The Bertz CT molecular complexity index is 458. The van der Waals surface area contributed by atoms with Gasteiger partial charge in [-0.25, -0.2) is 9.97 Å². The van der Waals surface area contributed by atoms with Crippen LogP contribution < -0.4 is 10.6 Å². The number of aromatic nitrogens is 2. The largest absolute Gasteiger partial charge is 0.366 e. The van der Waals surface area contributed by atoms with Crippen molar-refractivity contribution >= 4 is 11.7 Å². The van der Waals surface area contributed by atoms with Gasteiger partial charge in [0.1, 0.15) is 6.07 Å². The zero-order valence-electron chi connectivity index (χ0n) is 10.8. The monoisotopic (exact) mass is 247 g/mol. The van der Waals surface area contributed by atoms with E-state index in [1.54, 1.807) is 0 Å². The first-order valence-corrected chi connectivity index (χ1v) is 5.68.